The van der Waals surface area contributed by atoms with Gasteiger partial charge in [-0.2, -0.15) is 0 Å². The average molecular weight is 252 g/mol. The Kier molecular flexibility index (Phi) is 3.43. The summed E-state index contributed by atoms with van der Waals surface area (Å²) >= 11 is 5.97. The molecule has 1 saturated heterocycles. The zero-order valence-electron chi connectivity index (χ0n) is 10.5. The van der Waals surface area contributed by atoms with Crippen molar-refractivity contribution in [2.24, 2.45) is 5.92 Å². The van der Waals surface area contributed by atoms with E-state index in [1.54, 1.807) is 0 Å². The van der Waals surface area contributed by atoms with E-state index in [-0.39, 0.29) is 12.0 Å². The third-order valence-electron chi connectivity index (χ3n) is 3.79. The van der Waals surface area contributed by atoms with Crippen LogP contribution in [0, 0.1) is 12.8 Å². The molecule has 92 valence electrons. The second-order valence-corrected chi connectivity index (χ2v) is 5.31. The maximum atomic E-state index is 11.7. The predicted molar refractivity (Wildman–Crippen MR) is 71.8 cm³/mol. The summed E-state index contributed by atoms with van der Waals surface area (Å²) in [5, 5.41) is 0.764. The Hall–Kier alpha value is -1.02. The van der Waals surface area contributed by atoms with E-state index in [1.165, 1.54) is 11.3 Å². The number of carbonyl (C=O) groups is 1. The number of hydrogen-bond acceptors (Lipinski definition) is 2. The van der Waals surface area contributed by atoms with Gasteiger partial charge in [0.1, 0.15) is 5.78 Å². The summed E-state index contributed by atoms with van der Waals surface area (Å²) in [4.78, 5) is 14.0. The van der Waals surface area contributed by atoms with Crippen molar-refractivity contribution in [1.82, 2.24) is 0 Å². The maximum Gasteiger partial charge on any atom is 0.139 e. The summed E-state index contributed by atoms with van der Waals surface area (Å²) < 4.78 is 0. The highest BCUT2D eigenvalue weighted by Gasteiger charge is 2.31. The van der Waals surface area contributed by atoms with Crippen molar-refractivity contribution in [2.45, 2.75) is 33.2 Å². The van der Waals surface area contributed by atoms with E-state index in [0.29, 0.717) is 12.2 Å². The van der Waals surface area contributed by atoms with E-state index in [4.69, 9.17) is 11.6 Å². The number of anilines is 1. The summed E-state index contributed by atoms with van der Waals surface area (Å²) in [5.74, 6) is 0.485. The van der Waals surface area contributed by atoms with Gasteiger partial charge in [-0.25, -0.2) is 0 Å². The Morgan fingerprint density at radius 3 is 2.71 bits per heavy atom. The summed E-state index contributed by atoms with van der Waals surface area (Å²) in [5.41, 5.74) is 2.37. The van der Waals surface area contributed by atoms with E-state index in [1.807, 2.05) is 19.1 Å². The van der Waals surface area contributed by atoms with Crippen molar-refractivity contribution < 1.29 is 4.79 Å². The lowest BCUT2D eigenvalue weighted by molar-refractivity contribution is -0.123. The van der Waals surface area contributed by atoms with Gasteiger partial charge in [0.25, 0.3) is 0 Å². The van der Waals surface area contributed by atoms with Crippen LogP contribution in [0.25, 0.3) is 0 Å². The Morgan fingerprint density at radius 2 is 2.06 bits per heavy atom. The second kappa shape index (κ2) is 4.69. The number of Topliss-reactive ketones (excluding diaryl/α,β-unsaturated/α-hetero) is 1. The number of carbonyl (C=O) groups excluding carboxylic acids is 1. The van der Waals surface area contributed by atoms with E-state index < -0.39 is 0 Å². The van der Waals surface area contributed by atoms with E-state index >= 15 is 0 Å². The molecular weight excluding hydrogens is 234 g/mol. The minimum atomic E-state index is 0.110. The summed E-state index contributed by atoms with van der Waals surface area (Å²) in [6.45, 7) is 7.02. The predicted octanol–water partition coefficient (Wildman–Crippen LogP) is 3.45. The lowest BCUT2D eigenvalue weighted by Crippen LogP contribution is -2.47. The fraction of sp³-hybridized carbons (Fsp3) is 0.500. The van der Waals surface area contributed by atoms with Crippen LogP contribution in [0.1, 0.15) is 25.8 Å². The third-order valence-corrected chi connectivity index (χ3v) is 4.03. The lowest BCUT2D eigenvalue weighted by Gasteiger charge is -2.39. The van der Waals surface area contributed by atoms with Crippen LogP contribution >= 0.6 is 11.6 Å². The van der Waals surface area contributed by atoms with Gasteiger partial charge in [0, 0.05) is 35.6 Å². The summed E-state index contributed by atoms with van der Waals surface area (Å²) in [7, 11) is 0. The van der Waals surface area contributed by atoms with Gasteiger partial charge in [-0.05, 0) is 37.6 Å². The van der Waals surface area contributed by atoms with Gasteiger partial charge in [0.05, 0.1) is 0 Å². The number of benzene rings is 1. The maximum absolute atomic E-state index is 11.7. The van der Waals surface area contributed by atoms with Crippen molar-refractivity contribution in [3.8, 4) is 0 Å². The Bertz CT molecular complexity index is 444. The van der Waals surface area contributed by atoms with Crippen molar-refractivity contribution in [3.05, 3.63) is 28.8 Å². The molecule has 0 N–H and O–H groups in total. The molecule has 2 unspecified atom stereocenters. The van der Waals surface area contributed by atoms with Gasteiger partial charge in [-0.15, -0.1) is 0 Å². The minimum absolute atomic E-state index is 0.110. The highest BCUT2D eigenvalue weighted by Crippen LogP contribution is 2.30. The van der Waals surface area contributed by atoms with Crippen LogP contribution in [0.2, 0.25) is 5.02 Å². The largest absolute Gasteiger partial charge is 0.367 e. The molecule has 3 heteroatoms. The third kappa shape index (κ3) is 2.32. The first kappa shape index (κ1) is 12.4. The molecule has 0 aliphatic carbocycles. The molecule has 1 heterocycles. The van der Waals surface area contributed by atoms with Crippen LogP contribution in [0.5, 0.6) is 0 Å². The van der Waals surface area contributed by atoms with Crippen LogP contribution in [0.3, 0.4) is 0 Å². The van der Waals surface area contributed by atoms with Crippen molar-refractivity contribution in [2.75, 3.05) is 11.4 Å². The molecule has 2 atom stereocenters. The highest BCUT2D eigenvalue weighted by atomic mass is 35.5. The zero-order valence-corrected chi connectivity index (χ0v) is 11.3. The van der Waals surface area contributed by atoms with Crippen LogP contribution in [-0.4, -0.2) is 18.4 Å². The second-order valence-electron chi connectivity index (χ2n) is 4.87. The minimum Gasteiger partial charge on any atom is -0.367 e. The molecule has 0 bridgehead atoms. The summed E-state index contributed by atoms with van der Waals surface area (Å²) in [6.07, 6.45) is 0.646. The first-order valence-electron chi connectivity index (χ1n) is 6.06. The molecule has 2 nitrogen and oxygen atoms in total. The number of ketones is 1. The average Bonchev–Trinajstić information content (AvgIpc) is 2.28. The number of halogens is 1. The zero-order chi connectivity index (χ0) is 12.6. The summed E-state index contributed by atoms with van der Waals surface area (Å²) in [6, 6.07) is 6.20. The number of nitrogens with zero attached hydrogens (tertiary/aromatic N) is 1. The van der Waals surface area contributed by atoms with Crippen molar-refractivity contribution in [3.63, 3.8) is 0 Å². The van der Waals surface area contributed by atoms with Crippen molar-refractivity contribution in [1.29, 1.82) is 0 Å². The molecule has 1 aromatic carbocycles. The van der Waals surface area contributed by atoms with Gasteiger partial charge in [0.15, 0.2) is 0 Å². The molecule has 0 radical (unpaired) electrons. The molecule has 2 rings (SSSR count). The SMILES string of the molecule is Cc1cc(Cl)ccc1N1CCC(=O)C(C)C1C. The lowest BCUT2D eigenvalue weighted by atomic mass is 9.90. The molecule has 17 heavy (non-hydrogen) atoms. The van der Waals surface area contributed by atoms with Gasteiger partial charge >= 0.3 is 0 Å². The molecule has 1 fully saturated rings. The fourth-order valence-corrected chi connectivity index (χ4v) is 2.71. The van der Waals surface area contributed by atoms with Crippen molar-refractivity contribution >= 4 is 23.1 Å². The Balaban J connectivity index is 2.31. The highest BCUT2D eigenvalue weighted by molar-refractivity contribution is 6.30. The van der Waals surface area contributed by atoms with E-state index in [0.717, 1.165) is 11.6 Å². The van der Waals surface area contributed by atoms with E-state index in [2.05, 4.69) is 24.8 Å². The van der Waals surface area contributed by atoms with Gasteiger partial charge in [-0.1, -0.05) is 18.5 Å². The van der Waals surface area contributed by atoms with Crippen LogP contribution < -0.4 is 4.90 Å². The topological polar surface area (TPSA) is 20.3 Å². The van der Waals surface area contributed by atoms with Gasteiger partial charge in [0.2, 0.25) is 0 Å². The number of piperidine rings is 1. The quantitative estimate of drug-likeness (QED) is 0.762. The van der Waals surface area contributed by atoms with Gasteiger partial charge < -0.3 is 4.90 Å². The van der Waals surface area contributed by atoms with Crippen LogP contribution in [-0.2, 0) is 4.79 Å². The molecule has 1 aliphatic heterocycles. The molecule has 1 aliphatic rings. The first-order valence-corrected chi connectivity index (χ1v) is 6.44. The van der Waals surface area contributed by atoms with Gasteiger partial charge in [-0.3, -0.25) is 4.79 Å². The van der Waals surface area contributed by atoms with E-state index in [9.17, 15) is 4.79 Å². The Labute approximate surface area is 108 Å². The smallest absolute Gasteiger partial charge is 0.139 e. The molecule has 0 aromatic heterocycles. The molecule has 0 amide bonds. The molecular formula is C14H18ClNO. The first-order chi connectivity index (χ1) is 8.00. The standard InChI is InChI=1S/C14H18ClNO/c1-9-8-12(15)4-5-13(9)16-7-6-14(17)10(2)11(16)3/h4-5,8,10-11H,6-7H2,1-3H3. The molecule has 0 saturated carbocycles. The monoisotopic (exact) mass is 251 g/mol. The molecule has 0 spiro atoms. The normalized spacial score (nSPS) is 25.2. The number of aryl methyl sites for hydroxylation is 1. The molecule has 1 aromatic rings. The van der Waals surface area contributed by atoms with Crippen LogP contribution in [0.4, 0.5) is 5.69 Å². The fourth-order valence-electron chi connectivity index (χ4n) is 2.48. The number of hydrogen-bond donors (Lipinski definition) is 0. The Morgan fingerprint density at radius 1 is 1.35 bits per heavy atom. The number of rotatable bonds is 1. The van der Waals surface area contributed by atoms with Crippen LogP contribution in [0.15, 0.2) is 18.2 Å².